The molecule has 0 aliphatic rings. The second-order valence-corrected chi connectivity index (χ2v) is 23.3. The van der Waals surface area contributed by atoms with Gasteiger partial charge in [-0.1, -0.05) is 24.3 Å². The van der Waals surface area contributed by atoms with E-state index in [1.165, 1.54) is 63.8 Å². The molecule has 12 aromatic rings. The van der Waals surface area contributed by atoms with Crippen LogP contribution < -0.4 is 45.6 Å². The SMILES string of the molecule is [Cl-].[Cl-].[Ti+2]=[Si](c1ccccc1)c1ccccc1.[Ti+2]=[Si](c1ccccc1)c1ccccc1.c1ccc2[cH-]ccc2c1.c1ccc2[cH-]ccc2c1.c1ccc2[cH-]ccc2c1.c1ccc2[cH-]ccc2c1. The van der Waals surface area contributed by atoms with Crippen molar-refractivity contribution in [2.75, 3.05) is 0 Å². The van der Waals surface area contributed by atoms with Gasteiger partial charge in [0.2, 0.25) is 0 Å². The van der Waals surface area contributed by atoms with E-state index in [1.807, 2.05) is 0 Å². The van der Waals surface area contributed by atoms with Gasteiger partial charge in [-0.25, -0.2) is 0 Å². The van der Waals surface area contributed by atoms with Crippen molar-refractivity contribution in [2.45, 2.75) is 0 Å². The molecule has 0 aliphatic heterocycles. The van der Waals surface area contributed by atoms with Gasteiger partial charge in [0.05, 0.1) is 0 Å². The van der Waals surface area contributed by atoms with E-state index in [-0.39, 0.29) is 24.8 Å². The zero-order valence-corrected chi connectivity index (χ0v) is 43.1. The molecule has 0 saturated carbocycles. The summed E-state index contributed by atoms with van der Waals surface area (Å²) >= 11 is 4.69. The summed E-state index contributed by atoms with van der Waals surface area (Å²) in [4.78, 5) is 0. The summed E-state index contributed by atoms with van der Waals surface area (Å²) in [6, 6.07) is 102. The monoisotopic (exact) mass is 990 g/mol. The molecule has 0 unspecified atom stereocenters. The minimum absolute atomic E-state index is 0. The van der Waals surface area contributed by atoms with Crippen LogP contribution in [0.2, 0.25) is 0 Å². The van der Waals surface area contributed by atoms with Crippen molar-refractivity contribution in [1.82, 2.24) is 0 Å². The first kappa shape index (κ1) is 51.6. The van der Waals surface area contributed by atoms with E-state index in [2.05, 4.69) is 330 Å². The van der Waals surface area contributed by atoms with E-state index in [0.717, 1.165) is 0 Å². The fraction of sp³-hybridized carbons (Fsp3) is 0. The Bertz CT molecular complexity index is 2650. The molecule has 0 nitrogen and oxygen atoms in total. The average Bonchev–Trinajstić information content (AvgIpc) is 4.24. The van der Waals surface area contributed by atoms with Gasteiger partial charge in [0.25, 0.3) is 0 Å². The Morgan fingerprint density at radius 2 is 0.409 bits per heavy atom. The van der Waals surface area contributed by atoms with Crippen LogP contribution in [0, 0.1) is 0 Å². The van der Waals surface area contributed by atoms with Crippen molar-refractivity contribution in [3.63, 3.8) is 0 Å². The molecule has 12 rings (SSSR count). The van der Waals surface area contributed by atoms with E-state index in [0.29, 0.717) is 0 Å². The number of benzene rings is 8. The molecule has 6 heteroatoms. The molecule has 0 atom stereocenters. The van der Waals surface area contributed by atoms with E-state index in [4.69, 9.17) is 0 Å². The normalized spacial score (nSPS) is 9.76. The number of hydrogen-bond donors (Lipinski definition) is 0. The molecule has 0 aromatic heterocycles. The van der Waals surface area contributed by atoms with Crippen molar-refractivity contribution in [3.8, 4) is 0 Å². The summed E-state index contributed by atoms with van der Waals surface area (Å²) in [6.07, 6.45) is -1.09. The van der Waals surface area contributed by atoms with Crippen LogP contribution in [0.25, 0.3) is 43.1 Å². The topological polar surface area (TPSA) is 0 Å². The molecule has 0 heterocycles. The predicted molar refractivity (Wildman–Crippen MR) is 274 cm³/mol. The molecule has 12 aromatic carbocycles. The number of rotatable bonds is 4. The third-order valence-corrected chi connectivity index (χ3v) is 19.5. The molecule has 0 spiro atoms. The summed E-state index contributed by atoms with van der Waals surface area (Å²) < 4.78 is 0. The maximum atomic E-state index is 2.34. The summed E-state index contributed by atoms with van der Waals surface area (Å²) in [6.45, 7) is 0. The fourth-order valence-corrected chi connectivity index (χ4v) is 12.9. The largest absolute Gasteiger partial charge is 0.168 e. The minimum Gasteiger partial charge on any atom is -0.168 e. The van der Waals surface area contributed by atoms with Crippen molar-refractivity contribution in [1.29, 1.82) is 0 Å². The van der Waals surface area contributed by atoms with Crippen LogP contribution in [0.1, 0.15) is 0 Å². The quantitative estimate of drug-likeness (QED) is 0.133. The summed E-state index contributed by atoms with van der Waals surface area (Å²) in [5.74, 6) is 0. The van der Waals surface area contributed by atoms with Crippen LogP contribution in [0.3, 0.4) is 0 Å². The maximum absolute atomic E-state index is 2.34. The molecule has 0 saturated heterocycles. The van der Waals surface area contributed by atoms with Crippen LogP contribution in [0.4, 0.5) is 0 Å². The van der Waals surface area contributed by atoms with Crippen LogP contribution >= 0.6 is 0 Å². The Morgan fingerprint density at radius 3 is 0.606 bits per heavy atom. The predicted octanol–water partition coefficient (Wildman–Crippen LogP) is 6.92. The molecule has 0 radical (unpaired) electrons. The third-order valence-electron chi connectivity index (χ3n) is 10.4. The minimum atomic E-state index is -0.545. The molecule has 0 amide bonds. The second-order valence-electron chi connectivity index (χ2n) is 14.8. The molecule has 0 fully saturated rings. The number of hydrogen-bond acceptors (Lipinski definition) is 0. The molecule has 0 bridgehead atoms. The van der Waals surface area contributed by atoms with Gasteiger partial charge in [-0.3, -0.25) is 0 Å². The summed E-state index contributed by atoms with van der Waals surface area (Å²) in [5, 5.41) is 16.6. The first-order valence-corrected chi connectivity index (χ1v) is 29.1. The summed E-state index contributed by atoms with van der Waals surface area (Å²) in [5.41, 5.74) is 0. The van der Waals surface area contributed by atoms with Gasteiger partial charge in [-0.05, 0) is 0 Å². The smallest absolute Gasteiger partial charge is 0.0809 e. The second kappa shape index (κ2) is 28.6. The molecule has 0 N–H and O–H groups in total. The Hall–Kier alpha value is -5.36. The number of halogens is 2. The van der Waals surface area contributed by atoms with E-state index in [1.54, 1.807) is 0 Å². The fourth-order valence-electron chi connectivity index (χ4n) is 7.03. The van der Waals surface area contributed by atoms with Gasteiger partial charge >= 0.3 is 193 Å². The van der Waals surface area contributed by atoms with E-state index >= 15 is 0 Å². The molecular weight excluding hydrogens is 943 g/mol. The van der Waals surface area contributed by atoms with Gasteiger partial charge in [0.15, 0.2) is 0 Å². The Labute approximate surface area is 426 Å². The zero-order chi connectivity index (χ0) is 44.0. The van der Waals surface area contributed by atoms with Crippen molar-refractivity contribution < 1.29 is 63.2 Å². The van der Waals surface area contributed by atoms with Gasteiger partial charge in [0.1, 0.15) is 0 Å². The van der Waals surface area contributed by atoms with Gasteiger partial charge in [-0.2, -0.15) is 70.1 Å². The van der Waals surface area contributed by atoms with Crippen molar-refractivity contribution >= 4 is 76.2 Å². The Balaban J connectivity index is 0.000000149. The van der Waals surface area contributed by atoms with Crippen LogP contribution in [-0.2, 0) is 38.3 Å². The van der Waals surface area contributed by atoms with Crippen molar-refractivity contribution in [2.24, 2.45) is 0 Å². The Kier molecular flexibility index (Phi) is 22.4. The third kappa shape index (κ3) is 15.9. The summed E-state index contributed by atoms with van der Waals surface area (Å²) in [7, 11) is 0. The van der Waals surface area contributed by atoms with Gasteiger partial charge < -0.3 is 24.8 Å². The molecule has 320 valence electrons. The number of fused-ring (bicyclic) bond motifs is 4. The van der Waals surface area contributed by atoms with Gasteiger partial charge in [-0.15, -0.1) is 119 Å². The molecule has 66 heavy (non-hydrogen) atoms. The standard InChI is InChI=1S/2C12H10Si.4C9H7.2ClH.2Ti/c2*1-3-7-11(8-4-1)13-12-9-5-2-6-10-12;4*1-2-5-9-7-3-6-8(9)4-1;;;;/h2*1-10H;4*1-7H;2*1H;;/q;;4*-1;;;2*+2/p-2. The maximum Gasteiger partial charge on any atom is -0.0809 e. The molecule has 0 aliphatic carbocycles. The Morgan fingerprint density at radius 1 is 0.227 bits per heavy atom. The van der Waals surface area contributed by atoms with Crippen LogP contribution in [-0.4, -0.2) is 12.4 Å². The van der Waals surface area contributed by atoms with Crippen LogP contribution in [0.5, 0.6) is 0 Å². The van der Waals surface area contributed by atoms with E-state index < -0.39 is 12.4 Å². The van der Waals surface area contributed by atoms with Crippen molar-refractivity contribution in [3.05, 3.63) is 291 Å². The first-order valence-electron chi connectivity index (χ1n) is 21.4. The average molecular weight is 992 g/mol. The van der Waals surface area contributed by atoms with Crippen LogP contribution in [0.15, 0.2) is 291 Å². The van der Waals surface area contributed by atoms with E-state index in [9.17, 15) is 0 Å². The first-order chi connectivity index (χ1) is 31.6. The zero-order valence-electron chi connectivity index (χ0n) is 36.5. The van der Waals surface area contributed by atoms with Gasteiger partial charge in [0, 0.05) is 0 Å². The molecular formula is C60H48Cl2Si2Ti2-2.